The van der Waals surface area contributed by atoms with E-state index >= 15 is 0 Å². The third-order valence-corrected chi connectivity index (χ3v) is 6.34. The number of hydrogen-bond donors (Lipinski definition) is 0. The van der Waals surface area contributed by atoms with Crippen LogP contribution < -0.4 is 10.6 Å². The van der Waals surface area contributed by atoms with Crippen LogP contribution in [0.4, 0.5) is 10.2 Å². The highest BCUT2D eigenvalue weighted by Gasteiger charge is 2.28. The second-order valence-electron chi connectivity index (χ2n) is 8.89. The molecule has 0 spiro atoms. The zero-order chi connectivity index (χ0) is 22.4. The van der Waals surface area contributed by atoms with Crippen molar-refractivity contribution in [2.75, 3.05) is 11.4 Å². The van der Waals surface area contributed by atoms with Crippen LogP contribution in [0.1, 0.15) is 57.7 Å². The Balaban J connectivity index is 2.08. The molecule has 0 unspecified atom stereocenters. The summed E-state index contributed by atoms with van der Waals surface area (Å²) in [6, 6.07) is 3.37. The number of aromatic nitrogens is 4. The largest absolute Gasteiger partial charge is 0.355 e. The lowest BCUT2D eigenvalue weighted by Crippen LogP contribution is -2.43. The summed E-state index contributed by atoms with van der Waals surface area (Å²) in [7, 11) is 0. The molecule has 6 nitrogen and oxygen atoms in total. The number of hydrogen-bond acceptors (Lipinski definition) is 5. The number of rotatable bonds is 3. The molecule has 31 heavy (non-hydrogen) atoms. The molecular formula is C23H27ClFN5O. The number of anilines is 1. The van der Waals surface area contributed by atoms with Crippen molar-refractivity contribution in [1.82, 2.24) is 19.5 Å². The van der Waals surface area contributed by atoms with Crippen LogP contribution in [0.3, 0.4) is 0 Å². The summed E-state index contributed by atoms with van der Waals surface area (Å²) < 4.78 is 16.0. The molecule has 4 heterocycles. The van der Waals surface area contributed by atoms with Crippen LogP contribution in [0.25, 0.3) is 16.7 Å². The smallest absolute Gasteiger partial charge is 0.353 e. The minimum absolute atomic E-state index is 0.0652. The predicted molar refractivity (Wildman–Crippen MR) is 122 cm³/mol. The monoisotopic (exact) mass is 443 g/mol. The van der Waals surface area contributed by atoms with E-state index < -0.39 is 11.5 Å². The summed E-state index contributed by atoms with van der Waals surface area (Å²) in [4.78, 5) is 28.8. The van der Waals surface area contributed by atoms with Crippen LogP contribution in [0.2, 0.25) is 5.15 Å². The van der Waals surface area contributed by atoms with E-state index in [0.29, 0.717) is 28.5 Å². The topological polar surface area (TPSA) is 63.9 Å². The molecule has 1 aliphatic rings. The molecule has 1 saturated heterocycles. The van der Waals surface area contributed by atoms with Gasteiger partial charge >= 0.3 is 5.69 Å². The first-order chi connectivity index (χ1) is 14.7. The summed E-state index contributed by atoms with van der Waals surface area (Å²) in [6.07, 6.45) is 3.81. The quantitative estimate of drug-likeness (QED) is 0.531. The van der Waals surface area contributed by atoms with Crippen LogP contribution in [-0.2, 0) is 0 Å². The average Bonchev–Trinajstić information content (AvgIpc) is 2.71. The number of aryl methyl sites for hydroxylation is 1. The third kappa shape index (κ3) is 3.80. The molecular weight excluding hydrogens is 417 g/mol. The second-order valence-corrected chi connectivity index (χ2v) is 9.24. The lowest BCUT2D eigenvalue weighted by Gasteiger charge is -2.38. The summed E-state index contributed by atoms with van der Waals surface area (Å²) in [5.41, 5.74) is 2.06. The van der Waals surface area contributed by atoms with Gasteiger partial charge in [0.25, 0.3) is 0 Å². The Labute approximate surface area is 186 Å². The molecule has 1 fully saturated rings. The van der Waals surface area contributed by atoms with E-state index in [9.17, 15) is 9.18 Å². The van der Waals surface area contributed by atoms with Gasteiger partial charge in [-0.25, -0.2) is 18.7 Å². The Bertz CT molecular complexity index is 1210. The number of piperidine rings is 1. The molecule has 1 aliphatic heterocycles. The van der Waals surface area contributed by atoms with Gasteiger partial charge in [-0.3, -0.25) is 4.98 Å². The fraction of sp³-hybridized carbons (Fsp3) is 0.478. The fourth-order valence-electron chi connectivity index (χ4n) is 4.37. The number of pyridine rings is 2. The van der Waals surface area contributed by atoms with Crippen LogP contribution in [0, 0.1) is 18.7 Å². The Morgan fingerprint density at radius 2 is 1.97 bits per heavy atom. The molecule has 0 saturated carbocycles. The zero-order valence-electron chi connectivity index (χ0n) is 18.5. The van der Waals surface area contributed by atoms with Crippen molar-refractivity contribution in [2.24, 2.45) is 5.92 Å². The predicted octanol–water partition coefficient (Wildman–Crippen LogP) is 5.02. The van der Waals surface area contributed by atoms with Gasteiger partial charge in [0.1, 0.15) is 5.82 Å². The normalized spacial score (nSPS) is 19.4. The molecule has 8 heteroatoms. The highest BCUT2D eigenvalue weighted by Crippen LogP contribution is 2.33. The van der Waals surface area contributed by atoms with Gasteiger partial charge in [-0.1, -0.05) is 32.4 Å². The van der Waals surface area contributed by atoms with Gasteiger partial charge in [-0.2, -0.15) is 4.98 Å². The van der Waals surface area contributed by atoms with Crippen molar-refractivity contribution < 1.29 is 4.39 Å². The average molecular weight is 444 g/mol. The highest BCUT2D eigenvalue weighted by atomic mass is 35.5. The molecule has 164 valence electrons. The fourth-order valence-corrected chi connectivity index (χ4v) is 4.51. The van der Waals surface area contributed by atoms with Gasteiger partial charge in [0.15, 0.2) is 16.6 Å². The maximum absolute atomic E-state index is 14.6. The van der Waals surface area contributed by atoms with E-state index in [2.05, 4.69) is 33.7 Å². The van der Waals surface area contributed by atoms with Gasteiger partial charge < -0.3 is 4.90 Å². The third-order valence-electron chi connectivity index (χ3n) is 6.07. The first kappa shape index (κ1) is 21.7. The molecule has 3 aromatic rings. The number of nitrogens with zero attached hydrogens (tertiary/aromatic N) is 5. The summed E-state index contributed by atoms with van der Waals surface area (Å²) in [6.45, 7) is 11.0. The number of fused-ring (bicyclic) bond motifs is 1. The second kappa shape index (κ2) is 8.19. The van der Waals surface area contributed by atoms with E-state index in [-0.39, 0.29) is 17.1 Å². The van der Waals surface area contributed by atoms with Crippen molar-refractivity contribution in [3.05, 3.63) is 51.0 Å². The molecule has 3 aromatic heterocycles. The van der Waals surface area contributed by atoms with Gasteiger partial charge in [-0.15, -0.1) is 0 Å². The maximum Gasteiger partial charge on any atom is 0.355 e. The Morgan fingerprint density at radius 3 is 2.68 bits per heavy atom. The van der Waals surface area contributed by atoms with Crippen molar-refractivity contribution in [3.63, 3.8) is 0 Å². The standard InChI is InChI=1S/C23H27ClFN5O/c1-12(2)18-19(14(4)8-9-26-18)30-22-16(10-17(25)20(24)27-22)21(28-23(30)31)29-11-13(3)6-7-15(29)5/h8-10,12-13,15H,6-7,11H2,1-5H3/t13-,15-/m1/s1. The maximum atomic E-state index is 14.6. The number of halogens is 2. The molecule has 0 aliphatic carbocycles. The molecule has 2 atom stereocenters. The molecule has 0 bridgehead atoms. The molecule has 0 radical (unpaired) electrons. The molecule has 4 rings (SSSR count). The van der Waals surface area contributed by atoms with Crippen molar-refractivity contribution >= 4 is 28.5 Å². The summed E-state index contributed by atoms with van der Waals surface area (Å²) >= 11 is 6.08. The van der Waals surface area contributed by atoms with Crippen LogP contribution in [-0.4, -0.2) is 32.1 Å². The Hall–Kier alpha value is -2.54. The molecule has 0 aromatic carbocycles. The summed E-state index contributed by atoms with van der Waals surface area (Å²) in [5.74, 6) is 0.349. The van der Waals surface area contributed by atoms with E-state index in [1.165, 1.54) is 10.6 Å². The van der Waals surface area contributed by atoms with Gasteiger partial charge in [0.2, 0.25) is 0 Å². The minimum Gasteiger partial charge on any atom is -0.353 e. The molecule has 0 amide bonds. The van der Waals surface area contributed by atoms with Gasteiger partial charge in [0, 0.05) is 18.8 Å². The van der Waals surface area contributed by atoms with Crippen molar-refractivity contribution in [3.8, 4) is 5.69 Å². The van der Waals surface area contributed by atoms with E-state index in [1.54, 1.807) is 6.20 Å². The SMILES string of the molecule is Cc1ccnc(C(C)C)c1-n1c(=O)nc(N2C[C@H](C)CC[C@H]2C)c2cc(F)c(Cl)nc21. The van der Waals surface area contributed by atoms with Crippen molar-refractivity contribution in [2.45, 2.75) is 59.4 Å². The zero-order valence-corrected chi connectivity index (χ0v) is 19.2. The minimum atomic E-state index is -0.632. The molecule has 0 N–H and O–H groups in total. The summed E-state index contributed by atoms with van der Waals surface area (Å²) in [5, 5.41) is 0.200. The van der Waals surface area contributed by atoms with Crippen LogP contribution in [0.15, 0.2) is 23.1 Å². The van der Waals surface area contributed by atoms with E-state index in [1.807, 2.05) is 26.8 Å². The first-order valence-electron chi connectivity index (χ1n) is 10.7. The van der Waals surface area contributed by atoms with Gasteiger partial charge in [-0.05, 0) is 56.2 Å². The Morgan fingerprint density at radius 1 is 1.23 bits per heavy atom. The lowest BCUT2D eigenvalue weighted by atomic mass is 9.95. The first-order valence-corrected chi connectivity index (χ1v) is 11.1. The highest BCUT2D eigenvalue weighted by molar-refractivity contribution is 6.30. The van der Waals surface area contributed by atoms with Crippen LogP contribution in [0.5, 0.6) is 0 Å². The van der Waals surface area contributed by atoms with E-state index in [4.69, 9.17) is 11.6 Å². The Kier molecular flexibility index (Phi) is 5.73. The lowest BCUT2D eigenvalue weighted by molar-refractivity contribution is 0.388. The van der Waals surface area contributed by atoms with Crippen molar-refractivity contribution in [1.29, 1.82) is 0 Å². The van der Waals surface area contributed by atoms with Crippen LogP contribution >= 0.6 is 11.6 Å². The van der Waals surface area contributed by atoms with Gasteiger partial charge in [0.05, 0.1) is 16.8 Å². The van der Waals surface area contributed by atoms with E-state index in [0.717, 1.165) is 30.6 Å².